The standard InChI is InChI=1S/C29H31FN2O7/c1-18-22(14-19-8-10-21(30)11-9-19)25(38-15-20-6-4-3-5-7-20)17-37-16-23(29(35)39-18)32-28(34)26-27(33)24(36-2)12-13-31-26/h3-13,18,22-23,25,33H,14-17H2,1-2H3,(H,32,34)/t18-,22-,23-,25-/m0/s1. The van der Waals surface area contributed by atoms with Crippen LogP contribution in [0.1, 0.15) is 28.5 Å². The molecule has 206 valence electrons. The molecule has 0 radical (unpaired) electrons. The van der Waals surface area contributed by atoms with Crippen molar-refractivity contribution in [1.29, 1.82) is 0 Å². The van der Waals surface area contributed by atoms with E-state index < -0.39 is 35.9 Å². The van der Waals surface area contributed by atoms with E-state index in [1.807, 2.05) is 30.3 Å². The monoisotopic (exact) mass is 538 g/mol. The highest BCUT2D eigenvalue weighted by atomic mass is 19.1. The van der Waals surface area contributed by atoms with Crippen LogP contribution < -0.4 is 10.1 Å². The smallest absolute Gasteiger partial charge is 0.331 e. The van der Waals surface area contributed by atoms with Gasteiger partial charge in [0.25, 0.3) is 5.91 Å². The highest BCUT2D eigenvalue weighted by molar-refractivity contribution is 5.98. The number of rotatable bonds is 8. The normalized spacial score (nSPS) is 21.7. The molecule has 1 aliphatic heterocycles. The summed E-state index contributed by atoms with van der Waals surface area (Å²) in [5, 5.41) is 12.8. The highest BCUT2D eigenvalue weighted by Crippen LogP contribution is 2.28. The van der Waals surface area contributed by atoms with Crippen molar-refractivity contribution in [3.63, 3.8) is 0 Å². The number of hydrogen-bond acceptors (Lipinski definition) is 8. The maximum absolute atomic E-state index is 13.5. The van der Waals surface area contributed by atoms with Crippen LogP contribution in [0.25, 0.3) is 0 Å². The van der Waals surface area contributed by atoms with E-state index in [-0.39, 0.29) is 36.4 Å². The molecule has 1 saturated heterocycles. The first-order chi connectivity index (χ1) is 18.9. The largest absolute Gasteiger partial charge is 0.503 e. The average Bonchev–Trinajstić information content (AvgIpc) is 2.98. The number of aromatic nitrogens is 1. The predicted octanol–water partition coefficient (Wildman–Crippen LogP) is 3.44. The summed E-state index contributed by atoms with van der Waals surface area (Å²) < 4.78 is 36.5. The Balaban J connectivity index is 1.52. The van der Waals surface area contributed by atoms with E-state index in [1.165, 1.54) is 31.5 Å². The highest BCUT2D eigenvalue weighted by Gasteiger charge is 2.36. The maximum Gasteiger partial charge on any atom is 0.331 e. The number of esters is 1. The molecule has 4 atom stereocenters. The zero-order chi connectivity index (χ0) is 27.8. The van der Waals surface area contributed by atoms with Crippen LogP contribution in [0.4, 0.5) is 4.39 Å². The number of hydrogen-bond donors (Lipinski definition) is 2. The topological polar surface area (TPSA) is 116 Å². The number of carbonyl (C=O) groups is 2. The molecule has 1 aromatic heterocycles. The summed E-state index contributed by atoms with van der Waals surface area (Å²) in [4.78, 5) is 29.9. The average molecular weight is 539 g/mol. The van der Waals surface area contributed by atoms with E-state index in [1.54, 1.807) is 19.1 Å². The third kappa shape index (κ3) is 7.30. The second-order valence-electron chi connectivity index (χ2n) is 9.25. The first kappa shape index (κ1) is 28.0. The molecule has 3 aromatic rings. The van der Waals surface area contributed by atoms with Crippen molar-refractivity contribution < 1.29 is 38.0 Å². The third-order valence-electron chi connectivity index (χ3n) is 6.55. The minimum atomic E-state index is -1.16. The summed E-state index contributed by atoms with van der Waals surface area (Å²) >= 11 is 0. The van der Waals surface area contributed by atoms with Crippen molar-refractivity contribution in [1.82, 2.24) is 10.3 Å². The fraction of sp³-hybridized carbons (Fsp3) is 0.345. The van der Waals surface area contributed by atoms with E-state index in [0.717, 1.165) is 11.1 Å². The van der Waals surface area contributed by atoms with E-state index in [2.05, 4.69) is 10.3 Å². The number of halogens is 1. The number of methoxy groups -OCH3 is 1. The van der Waals surface area contributed by atoms with Crippen LogP contribution in [0.5, 0.6) is 11.5 Å². The number of pyridine rings is 1. The summed E-state index contributed by atoms with van der Waals surface area (Å²) in [6.07, 6.45) is 0.641. The van der Waals surface area contributed by atoms with Crippen LogP contribution >= 0.6 is 0 Å². The van der Waals surface area contributed by atoms with Crippen molar-refractivity contribution in [3.8, 4) is 11.5 Å². The maximum atomic E-state index is 13.5. The van der Waals surface area contributed by atoms with Crippen LogP contribution in [0.15, 0.2) is 66.9 Å². The Morgan fingerprint density at radius 1 is 1.10 bits per heavy atom. The van der Waals surface area contributed by atoms with E-state index >= 15 is 0 Å². The second kappa shape index (κ2) is 13.2. The van der Waals surface area contributed by atoms with Gasteiger partial charge in [0.05, 0.1) is 33.0 Å². The van der Waals surface area contributed by atoms with Crippen molar-refractivity contribution >= 4 is 11.9 Å². The first-order valence-electron chi connectivity index (χ1n) is 12.6. The number of ether oxygens (including phenoxy) is 4. The molecular formula is C29H31FN2O7. The van der Waals surface area contributed by atoms with Crippen LogP contribution in [0, 0.1) is 11.7 Å². The minimum absolute atomic E-state index is 0.0686. The molecule has 2 heterocycles. The molecule has 0 aliphatic carbocycles. The Morgan fingerprint density at radius 3 is 2.56 bits per heavy atom. The summed E-state index contributed by atoms with van der Waals surface area (Å²) in [5.41, 5.74) is 1.52. The Labute approximate surface area is 225 Å². The van der Waals surface area contributed by atoms with Crippen molar-refractivity contribution in [2.75, 3.05) is 20.3 Å². The third-order valence-corrected chi connectivity index (χ3v) is 6.55. The number of amides is 1. The summed E-state index contributed by atoms with van der Waals surface area (Å²) in [6, 6.07) is 16.0. The van der Waals surface area contributed by atoms with E-state index in [4.69, 9.17) is 18.9 Å². The zero-order valence-electron chi connectivity index (χ0n) is 21.7. The number of cyclic esters (lactones) is 1. The van der Waals surface area contributed by atoms with Gasteiger partial charge in [-0.15, -0.1) is 0 Å². The van der Waals surface area contributed by atoms with Gasteiger partial charge in [0.2, 0.25) is 0 Å². The van der Waals surface area contributed by atoms with Crippen LogP contribution in [0.3, 0.4) is 0 Å². The zero-order valence-corrected chi connectivity index (χ0v) is 21.7. The van der Waals surface area contributed by atoms with E-state index in [0.29, 0.717) is 13.0 Å². The van der Waals surface area contributed by atoms with Gasteiger partial charge in [-0.25, -0.2) is 14.2 Å². The SMILES string of the molecule is COc1ccnc(C(=O)N[C@H]2COC[C@H](OCc3ccccc3)[C@@H](Cc3ccc(F)cc3)[C@H](C)OC2=O)c1O. The first-order valence-corrected chi connectivity index (χ1v) is 12.6. The van der Waals surface area contributed by atoms with Gasteiger partial charge >= 0.3 is 5.97 Å². The fourth-order valence-corrected chi connectivity index (χ4v) is 4.38. The molecule has 1 fully saturated rings. The number of nitrogens with one attached hydrogen (secondary N) is 1. The lowest BCUT2D eigenvalue weighted by molar-refractivity contribution is -0.155. The summed E-state index contributed by atoms with van der Waals surface area (Å²) in [5.74, 6) is -2.55. The Morgan fingerprint density at radius 2 is 1.85 bits per heavy atom. The predicted molar refractivity (Wildman–Crippen MR) is 139 cm³/mol. The fourth-order valence-electron chi connectivity index (χ4n) is 4.38. The lowest BCUT2D eigenvalue weighted by Gasteiger charge is -2.31. The minimum Gasteiger partial charge on any atom is -0.503 e. The number of carbonyl (C=O) groups excluding carboxylic acids is 2. The Bertz CT molecular complexity index is 1260. The number of nitrogens with zero attached hydrogens (tertiary/aromatic N) is 1. The summed E-state index contributed by atoms with van der Waals surface area (Å²) in [7, 11) is 1.35. The Kier molecular flexibility index (Phi) is 9.45. The second-order valence-corrected chi connectivity index (χ2v) is 9.25. The van der Waals surface area contributed by atoms with Gasteiger partial charge in [-0.2, -0.15) is 0 Å². The molecule has 10 heteroatoms. The molecule has 0 spiro atoms. The van der Waals surface area contributed by atoms with Crippen LogP contribution in [0.2, 0.25) is 0 Å². The molecule has 1 aliphatic rings. The van der Waals surface area contributed by atoms with Crippen LogP contribution in [-0.2, 0) is 32.0 Å². The molecule has 9 nitrogen and oxygen atoms in total. The van der Waals surface area contributed by atoms with Crippen molar-refractivity contribution in [2.24, 2.45) is 5.92 Å². The quantitative estimate of drug-likeness (QED) is 0.419. The summed E-state index contributed by atoms with van der Waals surface area (Å²) in [6.45, 7) is 2.01. The lowest BCUT2D eigenvalue weighted by atomic mass is 9.89. The van der Waals surface area contributed by atoms with Gasteiger partial charge in [-0.3, -0.25) is 4.79 Å². The Hall–Kier alpha value is -4.02. The lowest BCUT2D eigenvalue weighted by Crippen LogP contribution is -2.46. The number of benzene rings is 2. The van der Waals surface area contributed by atoms with Gasteiger partial charge in [0, 0.05) is 18.2 Å². The molecule has 4 rings (SSSR count). The van der Waals surface area contributed by atoms with Crippen molar-refractivity contribution in [2.45, 2.75) is 38.2 Å². The molecule has 0 bridgehead atoms. The van der Waals surface area contributed by atoms with Crippen molar-refractivity contribution in [3.05, 3.63) is 89.5 Å². The van der Waals surface area contributed by atoms with Gasteiger partial charge in [0.15, 0.2) is 23.2 Å². The molecule has 0 unspecified atom stereocenters. The molecule has 39 heavy (non-hydrogen) atoms. The van der Waals surface area contributed by atoms with Gasteiger partial charge in [-0.05, 0) is 36.6 Å². The molecule has 1 amide bonds. The number of aromatic hydroxyl groups is 1. The van der Waals surface area contributed by atoms with Gasteiger partial charge in [0.1, 0.15) is 11.9 Å². The molecular weight excluding hydrogens is 507 g/mol. The van der Waals surface area contributed by atoms with Crippen LogP contribution in [-0.4, -0.2) is 60.5 Å². The van der Waals surface area contributed by atoms with Gasteiger partial charge in [-0.1, -0.05) is 42.5 Å². The van der Waals surface area contributed by atoms with E-state index in [9.17, 15) is 19.1 Å². The van der Waals surface area contributed by atoms with Gasteiger partial charge < -0.3 is 29.4 Å². The molecule has 2 N–H and O–H groups in total. The molecule has 2 aromatic carbocycles. The molecule has 0 saturated carbocycles.